The van der Waals surface area contributed by atoms with Crippen molar-refractivity contribution in [2.45, 2.75) is 30.8 Å². The Bertz CT molecular complexity index is 641. The normalized spacial score (nSPS) is 29.9. The van der Waals surface area contributed by atoms with E-state index in [9.17, 15) is 34.8 Å². The summed E-state index contributed by atoms with van der Waals surface area (Å²) >= 11 is 0. The van der Waals surface area contributed by atoms with Crippen molar-refractivity contribution in [3.05, 3.63) is 38.4 Å². The van der Waals surface area contributed by atoms with Crippen LogP contribution in [-0.2, 0) is 4.74 Å². The van der Waals surface area contributed by atoms with Crippen molar-refractivity contribution in [3.63, 3.8) is 0 Å². The van der Waals surface area contributed by atoms with Crippen LogP contribution < -0.4 is 4.74 Å². The Balaban J connectivity index is 2.29. The van der Waals surface area contributed by atoms with Gasteiger partial charge in [-0.05, 0) is 6.07 Å². The maximum atomic E-state index is 14.0. The molecule has 1 heterocycles. The minimum Gasteiger partial charge on any atom is -0.454 e. The summed E-state index contributed by atoms with van der Waals surface area (Å²) in [5, 5.41) is 49.8. The Labute approximate surface area is 133 Å². The van der Waals surface area contributed by atoms with Crippen molar-refractivity contribution in [1.29, 1.82) is 0 Å². The molecule has 0 aliphatic carbocycles. The number of halogens is 1. The van der Waals surface area contributed by atoms with Gasteiger partial charge in [0.15, 0.2) is 6.17 Å². The second kappa shape index (κ2) is 7.00. The lowest BCUT2D eigenvalue weighted by atomic mass is 10.0. The second-order valence-corrected chi connectivity index (χ2v) is 4.94. The monoisotopic (exact) mass is 348 g/mol. The van der Waals surface area contributed by atoms with Gasteiger partial charge in [0, 0.05) is 6.07 Å². The fourth-order valence-corrected chi connectivity index (χ4v) is 2.13. The molecule has 0 saturated carbocycles. The molecule has 132 valence electrons. The standard InChI is InChI=1S/C12H13FN2O9/c13-9-11(18)10(17)8(4-16)24-12(9)23-7-2-1-5(14(19)20)3-6(7)15(21)22/h1-3,8-12,16-18H,4H2/t8?,9?,10-,11+,12+/m0/s1. The fraction of sp³-hybridized carbons (Fsp3) is 0.500. The van der Waals surface area contributed by atoms with Crippen LogP contribution in [-0.4, -0.2) is 62.5 Å². The molecular weight excluding hydrogens is 335 g/mol. The molecule has 0 aromatic heterocycles. The van der Waals surface area contributed by atoms with Crippen LogP contribution in [0.3, 0.4) is 0 Å². The largest absolute Gasteiger partial charge is 0.454 e. The molecule has 0 bridgehead atoms. The minimum absolute atomic E-state index is 0.529. The van der Waals surface area contributed by atoms with Gasteiger partial charge >= 0.3 is 5.69 Å². The first kappa shape index (κ1) is 17.9. The summed E-state index contributed by atoms with van der Waals surface area (Å²) in [5.41, 5.74) is -1.37. The third kappa shape index (κ3) is 3.41. The summed E-state index contributed by atoms with van der Waals surface area (Å²) < 4.78 is 23.9. The van der Waals surface area contributed by atoms with Gasteiger partial charge in [0.1, 0.15) is 18.3 Å². The molecule has 24 heavy (non-hydrogen) atoms. The lowest BCUT2D eigenvalue weighted by Crippen LogP contribution is -2.58. The Morgan fingerprint density at radius 2 is 1.88 bits per heavy atom. The molecular formula is C12H13FN2O9. The zero-order chi connectivity index (χ0) is 18.0. The van der Waals surface area contributed by atoms with Crippen LogP contribution >= 0.6 is 0 Å². The minimum atomic E-state index is -2.27. The maximum Gasteiger partial charge on any atom is 0.317 e. The highest BCUT2D eigenvalue weighted by molar-refractivity contribution is 5.53. The average Bonchev–Trinajstić information content (AvgIpc) is 2.55. The topological polar surface area (TPSA) is 165 Å². The highest BCUT2D eigenvalue weighted by Crippen LogP contribution is 2.34. The van der Waals surface area contributed by atoms with Gasteiger partial charge < -0.3 is 24.8 Å². The first-order chi connectivity index (χ1) is 11.3. The van der Waals surface area contributed by atoms with E-state index in [1.807, 2.05) is 0 Å². The van der Waals surface area contributed by atoms with E-state index >= 15 is 0 Å². The number of nitro benzene ring substituents is 2. The number of alkyl halides is 1. The van der Waals surface area contributed by atoms with E-state index in [1.54, 1.807) is 0 Å². The summed E-state index contributed by atoms with van der Waals surface area (Å²) in [6.07, 6.45) is -9.15. The Morgan fingerprint density at radius 3 is 2.42 bits per heavy atom. The van der Waals surface area contributed by atoms with Gasteiger partial charge in [0.05, 0.1) is 22.5 Å². The number of aliphatic hydroxyl groups is 3. The van der Waals surface area contributed by atoms with Crippen molar-refractivity contribution in [1.82, 2.24) is 0 Å². The molecule has 1 aliphatic heterocycles. The predicted molar refractivity (Wildman–Crippen MR) is 73.0 cm³/mol. The van der Waals surface area contributed by atoms with E-state index in [4.69, 9.17) is 14.6 Å². The molecule has 1 fully saturated rings. The van der Waals surface area contributed by atoms with E-state index in [-0.39, 0.29) is 0 Å². The van der Waals surface area contributed by atoms with E-state index in [0.29, 0.717) is 6.07 Å². The van der Waals surface area contributed by atoms with E-state index in [1.165, 1.54) is 0 Å². The number of nitrogens with zero attached hydrogens (tertiary/aromatic N) is 2. The molecule has 2 unspecified atom stereocenters. The van der Waals surface area contributed by atoms with Crippen molar-refractivity contribution in [2.24, 2.45) is 0 Å². The van der Waals surface area contributed by atoms with Gasteiger partial charge in [-0.15, -0.1) is 0 Å². The molecule has 2 rings (SSSR count). The number of nitro groups is 2. The Morgan fingerprint density at radius 1 is 1.21 bits per heavy atom. The van der Waals surface area contributed by atoms with Crippen molar-refractivity contribution >= 4 is 11.4 Å². The van der Waals surface area contributed by atoms with Crippen LogP contribution in [0.2, 0.25) is 0 Å². The van der Waals surface area contributed by atoms with E-state index in [2.05, 4.69) is 0 Å². The summed E-state index contributed by atoms with van der Waals surface area (Å²) in [5.74, 6) is -0.529. The molecule has 3 N–H and O–H groups in total. The predicted octanol–water partition coefficient (Wildman–Crippen LogP) is -0.341. The third-order valence-corrected chi connectivity index (χ3v) is 3.40. The summed E-state index contributed by atoms with van der Waals surface area (Å²) in [7, 11) is 0. The van der Waals surface area contributed by atoms with Crippen molar-refractivity contribution in [2.75, 3.05) is 6.61 Å². The average molecular weight is 348 g/mol. The fourth-order valence-electron chi connectivity index (χ4n) is 2.13. The first-order valence-corrected chi connectivity index (χ1v) is 6.62. The van der Waals surface area contributed by atoms with Crippen LogP contribution in [0.5, 0.6) is 5.75 Å². The molecule has 11 nitrogen and oxygen atoms in total. The molecule has 0 amide bonds. The van der Waals surface area contributed by atoms with E-state index < -0.39 is 64.4 Å². The van der Waals surface area contributed by atoms with Crippen LogP contribution in [0.1, 0.15) is 0 Å². The summed E-state index contributed by atoms with van der Waals surface area (Å²) in [6.45, 7) is -0.757. The van der Waals surface area contributed by atoms with Crippen LogP contribution in [0.4, 0.5) is 15.8 Å². The molecule has 1 aromatic carbocycles. The molecule has 1 aromatic rings. The number of hydrogen-bond donors (Lipinski definition) is 3. The van der Waals surface area contributed by atoms with Gasteiger partial charge in [0.2, 0.25) is 12.0 Å². The maximum absolute atomic E-state index is 14.0. The van der Waals surface area contributed by atoms with Crippen LogP contribution in [0, 0.1) is 20.2 Å². The van der Waals surface area contributed by atoms with Gasteiger partial charge in [-0.2, -0.15) is 0 Å². The van der Waals surface area contributed by atoms with Crippen molar-refractivity contribution < 1.29 is 39.0 Å². The van der Waals surface area contributed by atoms with Gasteiger partial charge in [0.25, 0.3) is 5.69 Å². The van der Waals surface area contributed by atoms with E-state index in [0.717, 1.165) is 12.1 Å². The van der Waals surface area contributed by atoms with Crippen LogP contribution in [0.25, 0.3) is 0 Å². The van der Waals surface area contributed by atoms with Gasteiger partial charge in [-0.3, -0.25) is 20.2 Å². The smallest absolute Gasteiger partial charge is 0.317 e. The number of ether oxygens (including phenoxy) is 2. The third-order valence-electron chi connectivity index (χ3n) is 3.40. The number of aliphatic hydroxyl groups excluding tert-OH is 3. The zero-order valence-electron chi connectivity index (χ0n) is 11.9. The summed E-state index contributed by atoms with van der Waals surface area (Å²) in [6, 6.07) is 2.42. The second-order valence-electron chi connectivity index (χ2n) is 4.94. The highest BCUT2D eigenvalue weighted by Gasteiger charge is 2.46. The van der Waals surface area contributed by atoms with Crippen LogP contribution in [0.15, 0.2) is 18.2 Å². The van der Waals surface area contributed by atoms with Crippen molar-refractivity contribution in [3.8, 4) is 5.75 Å². The molecule has 12 heteroatoms. The molecule has 1 aliphatic rings. The number of hydrogen-bond acceptors (Lipinski definition) is 9. The molecule has 5 atom stereocenters. The molecule has 0 radical (unpaired) electrons. The Kier molecular flexibility index (Phi) is 5.23. The number of rotatable bonds is 5. The molecule has 0 spiro atoms. The number of benzene rings is 1. The SMILES string of the molecule is O=[N+]([O-])c1ccc(O[C@@H]2OC(CO)[C@H](O)[C@H](O)C2F)c([N+](=O)[O-])c1. The van der Waals surface area contributed by atoms with Gasteiger partial charge in [-0.25, -0.2) is 4.39 Å². The summed E-state index contributed by atoms with van der Waals surface area (Å²) in [4.78, 5) is 19.8. The Hall–Kier alpha value is -2.41. The lowest BCUT2D eigenvalue weighted by Gasteiger charge is -2.38. The quantitative estimate of drug-likeness (QED) is 0.476. The van der Waals surface area contributed by atoms with Gasteiger partial charge in [-0.1, -0.05) is 0 Å². The highest BCUT2D eigenvalue weighted by atomic mass is 19.1. The number of non-ortho nitro benzene ring substituents is 1. The first-order valence-electron chi connectivity index (χ1n) is 6.62. The lowest BCUT2D eigenvalue weighted by molar-refractivity contribution is -0.395. The zero-order valence-corrected chi connectivity index (χ0v) is 11.9. The molecule has 1 saturated heterocycles.